The van der Waals surface area contributed by atoms with Crippen LogP contribution in [0.4, 0.5) is 0 Å². The summed E-state index contributed by atoms with van der Waals surface area (Å²) in [4.78, 5) is 26.1. The highest BCUT2D eigenvalue weighted by Gasteiger charge is 2.32. The number of hydrogen-bond donors (Lipinski definition) is 2. The minimum atomic E-state index is -0.0726. The number of likely N-dealkylation sites (tertiary alicyclic amines) is 1. The first-order valence-corrected chi connectivity index (χ1v) is 8.69. The van der Waals surface area contributed by atoms with Crippen LogP contribution in [0.2, 0.25) is 0 Å². The standard InChI is InChI=1S/C18H25N3O3.ClH/c22-17-12-15(20-18(23)14-6-8-19-9-7-14)13-21(17)10-11-24-16-4-2-1-3-5-16;/h1-5,14-15,19H,6-13H2,(H,20,23);1H. The van der Waals surface area contributed by atoms with Gasteiger partial charge in [-0.05, 0) is 38.1 Å². The molecule has 1 unspecified atom stereocenters. The molecule has 0 aromatic heterocycles. The second-order valence-corrected chi connectivity index (χ2v) is 6.44. The molecule has 1 aromatic carbocycles. The van der Waals surface area contributed by atoms with Gasteiger partial charge in [0.15, 0.2) is 0 Å². The van der Waals surface area contributed by atoms with Crippen LogP contribution in [0.3, 0.4) is 0 Å². The molecule has 0 radical (unpaired) electrons. The lowest BCUT2D eigenvalue weighted by Gasteiger charge is -2.23. The van der Waals surface area contributed by atoms with Crippen molar-refractivity contribution in [3.63, 3.8) is 0 Å². The number of halogens is 1. The highest BCUT2D eigenvalue weighted by molar-refractivity contribution is 5.85. The number of ether oxygens (including phenoxy) is 1. The van der Waals surface area contributed by atoms with Crippen LogP contribution in [0.25, 0.3) is 0 Å². The summed E-state index contributed by atoms with van der Waals surface area (Å²) in [5, 5.41) is 6.30. The molecule has 3 rings (SSSR count). The molecule has 0 bridgehead atoms. The monoisotopic (exact) mass is 367 g/mol. The normalized spacial score (nSPS) is 20.9. The predicted octanol–water partition coefficient (Wildman–Crippen LogP) is 1.20. The van der Waals surface area contributed by atoms with Crippen molar-refractivity contribution in [2.75, 3.05) is 32.8 Å². The van der Waals surface area contributed by atoms with Crippen LogP contribution in [0, 0.1) is 5.92 Å². The minimum absolute atomic E-state index is 0. The van der Waals surface area contributed by atoms with Gasteiger partial charge in [0.05, 0.1) is 12.6 Å². The third-order valence-corrected chi connectivity index (χ3v) is 4.64. The zero-order chi connectivity index (χ0) is 16.8. The molecule has 6 nitrogen and oxygen atoms in total. The first-order chi connectivity index (χ1) is 11.7. The van der Waals surface area contributed by atoms with Gasteiger partial charge in [-0.3, -0.25) is 9.59 Å². The quantitative estimate of drug-likeness (QED) is 0.792. The highest BCUT2D eigenvalue weighted by atomic mass is 35.5. The van der Waals surface area contributed by atoms with Crippen molar-refractivity contribution in [2.45, 2.75) is 25.3 Å². The number of rotatable bonds is 6. The lowest BCUT2D eigenvalue weighted by Crippen LogP contribution is -2.43. The van der Waals surface area contributed by atoms with Crippen molar-refractivity contribution in [1.29, 1.82) is 0 Å². The molecular weight excluding hydrogens is 342 g/mol. The van der Waals surface area contributed by atoms with E-state index >= 15 is 0 Å². The van der Waals surface area contributed by atoms with Crippen LogP contribution < -0.4 is 15.4 Å². The molecule has 7 heteroatoms. The smallest absolute Gasteiger partial charge is 0.224 e. The van der Waals surface area contributed by atoms with Gasteiger partial charge in [-0.1, -0.05) is 18.2 Å². The molecule has 0 aliphatic carbocycles. The molecule has 138 valence electrons. The van der Waals surface area contributed by atoms with Gasteiger partial charge in [-0.25, -0.2) is 0 Å². The van der Waals surface area contributed by atoms with E-state index in [4.69, 9.17) is 4.74 Å². The number of nitrogens with zero attached hydrogens (tertiary/aromatic N) is 1. The Hall–Kier alpha value is -1.79. The Kier molecular flexibility index (Phi) is 7.52. The molecule has 2 aliphatic heterocycles. The molecule has 2 saturated heterocycles. The Morgan fingerprint density at radius 3 is 2.68 bits per heavy atom. The first kappa shape index (κ1) is 19.5. The Labute approximate surface area is 154 Å². The van der Waals surface area contributed by atoms with Gasteiger partial charge >= 0.3 is 0 Å². The average Bonchev–Trinajstić information content (AvgIpc) is 2.96. The van der Waals surface area contributed by atoms with Gasteiger partial charge in [-0.2, -0.15) is 0 Å². The second kappa shape index (κ2) is 9.63. The van der Waals surface area contributed by atoms with Crippen LogP contribution in [-0.2, 0) is 9.59 Å². The van der Waals surface area contributed by atoms with Crippen molar-refractivity contribution in [1.82, 2.24) is 15.5 Å². The van der Waals surface area contributed by atoms with E-state index < -0.39 is 0 Å². The third-order valence-electron chi connectivity index (χ3n) is 4.64. The van der Waals surface area contributed by atoms with E-state index in [1.54, 1.807) is 4.90 Å². The summed E-state index contributed by atoms with van der Waals surface area (Å²) >= 11 is 0. The van der Waals surface area contributed by atoms with E-state index in [1.165, 1.54) is 0 Å². The summed E-state index contributed by atoms with van der Waals surface area (Å²) in [6, 6.07) is 9.50. The molecule has 0 saturated carbocycles. The molecule has 2 amide bonds. The lowest BCUT2D eigenvalue weighted by molar-refractivity contribution is -0.128. The Morgan fingerprint density at radius 1 is 1.24 bits per heavy atom. The Morgan fingerprint density at radius 2 is 1.96 bits per heavy atom. The van der Waals surface area contributed by atoms with Gasteiger partial charge in [0.25, 0.3) is 0 Å². The number of amides is 2. The summed E-state index contributed by atoms with van der Waals surface area (Å²) in [6.07, 6.45) is 2.14. The summed E-state index contributed by atoms with van der Waals surface area (Å²) in [5.41, 5.74) is 0. The number of para-hydroxylation sites is 1. The zero-order valence-corrected chi connectivity index (χ0v) is 15.1. The third kappa shape index (κ3) is 5.61. The second-order valence-electron chi connectivity index (χ2n) is 6.44. The zero-order valence-electron chi connectivity index (χ0n) is 14.3. The molecule has 2 aliphatic rings. The highest BCUT2D eigenvalue weighted by Crippen LogP contribution is 2.16. The maximum atomic E-state index is 12.3. The van der Waals surface area contributed by atoms with Crippen LogP contribution >= 0.6 is 12.4 Å². The summed E-state index contributed by atoms with van der Waals surface area (Å²) in [6.45, 7) is 3.38. The van der Waals surface area contributed by atoms with E-state index in [0.29, 0.717) is 26.1 Å². The van der Waals surface area contributed by atoms with Crippen molar-refractivity contribution in [2.24, 2.45) is 5.92 Å². The van der Waals surface area contributed by atoms with Crippen molar-refractivity contribution in [3.8, 4) is 5.75 Å². The van der Waals surface area contributed by atoms with E-state index in [-0.39, 0.29) is 36.2 Å². The molecule has 0 spiro atoms. The molecule has 25 heavy (non-hydrogen) atoms. The number of hydrogen-bond acceptors (Lipinski definition) is 4. The number of benzene rings is 1. The number of nitrogens with one attached hydrogen (secondary N) is 2. The fourth-order valence-electron chi connectivity index (χ4n) is 3.28. The van der Waals surface area contributed by atoms with Crippen molar-refractivity contribution >= 4 is 24.2 Å². The molecule has 1 atom stereocenters. The van der Waals surface area contributed by atoms with E-state index in [1.807, 2.05) is 30.3 Å². The summed E-state index contributed by atoms with van der Waals surface area (Å²) in [7, 11) is 0. The number of piperidine rings is 1. The molecule has 2 fully saturated rings. The minimum Gasteiger partial charge on any atom is -0.492 e. The van der Waals surface area contributed by atoms with Gasteiger partial charge in [0.2, 0.25) is 11.8 Å². The number of carbonyl (C=O) groups excluding carboxylic acids is 2. The molecular formula is C18H26ClN3O3. The first-order valence-electron chi connectivity index (χ1n) is 8.69. The van der Waals surface area contributed by atoms with Gasteiger partial charge in [0.1, 0.15) is 12.4 Å². The SMILES string of the molecule is Cl.O=C(NC1CC(=O)N(CCOc2ccccc2)C1)C1CCNCC1. The largest absolute Gasteiger partial charge is 0.492 e. The van der Waals surface area contributed by atoms with Crippen LogP contribution in [0.15, 0.2) is 30.3 Å². The fourth-order valence-corrected chi connectivity index (χ4v) is 3.28. The lowest BCUT2D eigenvalue weighted by atomic mass is 9.97. The molecule has 2 N–H and O–H groups in total. The maximum Gasteiger partial charge on any atom is 0.224 e. The van der Waals surface area contributed by atoms with Gasteiger partial charge < -0.3 is 20.3 Å². The average molecular weight is 368 g/mol. The van der Waals surface area contributed by atoms with Gasteiger partial charge in [0, 0.05) is 18.9 Å². The topological polar surface area (TPSA) is 70.7 Å². The van der Waals surface area contributed by atoms with Crippen LogP contribution in [-0.4, -0.2) is 55.5 Å². The van der Waals surface area contributed by atoms with Crippen LogP contribution in [0.1, 0.15) is 19.3 Å². The maximum absolute atomic E-state index is 12.3. The van der Waals surface area contributed by atoms with Crippen molar-refractivity contribution < 1.29 is 14.3 Å². The molecule has 1 aromatic rings. The molecule has 2 heterocycles. The summed E-state index contributed by atoms with van der Waals surface area (Å²) in [5.74, 6) is 1.07. The van der Waals surface area contributed by atoms with E-state index in [0.717, 1.165) is 31.7 Å². The van der Waals surface area contributed by atoms with Crippen molar-refractivity contribution in [3.05, 3.63) is 30.3 Å². The Bertz CT molecular complexity index is 564. The van der Waals surface area contributed by atoms with Gasteiger partial charge in [-0.15, -0.1) is 12.4 Å². The Balaban J connectivity index is 0.00000225. The van der Waals surface area contributed by atoms with Crippen LogP contribution in [0.5, 0.6) is 5.75 Å². The predicted molar refractivity (Wildman–Crippen MR) is 97.9 cm³/mol. The fraction of sp³-hybridized carbons (Fsp3) is 0.556. The summed E-state index contributed by atoms with van der Waals surface area (Å²) < 4.78 is 5.64. The van der Waals surface area contributed by atoms with E-state index in [9.17, 15) is 9.59 Å². The number of carbonyl (C=O) groups is 2. The van der Waals surface area contributed by atoms with E-state index in [2.05, 4.69) is 10.6 Å².